The maximum absolute atomic E-state index is 9.22. The summed E-state index contributed by atoms with van der Waals surface area (Å²) in [5, 5.41) is 14.0. The smallest absolute Gasteiger partial charge is 0.0897 e. The summed E-state index contributed by atoms with van der Waals surface area (Å²) in [5.74, 6) is 0.750. The topological polar surface area (TPSA) is 45.2 Å². The van der Waals surface area contributed by atoms with E-state index in [2.05, 4.69) is 10.3 Å². The maximum Gasteiger partial charge on any atom is 0.0897 e. The Labute approximate surface area is 114 Å². The fourth-order valence-corrected chi connectivity index (χ4v) is 3.64. The number of rotatable bonds is 6. The zero-order chi connectivity index (χ0) is 12.8. The molecule has 1 fully saturated rings. The predicted molar refractivity (Wildman–Crippen MR) is 75.8 cm³/mol. The lowest BCUT2D eigenvalue weighted by molar-refractivity contribution is 0.206. The van der Waals surface area contributed by atoms with Crippen LogP contribution in [-0.2, 0) is 6.54 Å². The molecular formula is C14H24N2OS. The highest BCUT2D eigenvalue weighted by Gasteiger charge is 2.22. The number of nitrogens with zero attached hydrogens (tertiary/aromatic N) is 1. The molecule has 0 aromatic carbocycles. The third kappa shape index (κ3) is 4.04. The van der Waals surface area contributed by atoms with Crippen LogP contribution in [0.1, 0.15) is 48.4 Å². The standard InChI is InChI=1S/C14H24N2OS/c1-11-15-9-13(18-11)10-16-14(7-8-17)12-5-3-2-4-6-12/h9,12,14,16-17H,2-8,10H2,1H3/t14-/m0/s1. The summed E-state index contributed by atoms with van der Waals surface area (Å²) in [4.78, 5) is 5.58. The third-order valence-electron chi connectivity index (χ3n) is 3.87. The van der Waals surface area contributed by atoms with E-state index in [0.29, 0.717) is 6.04 Å². The molecule has 2 rings (SSSR count). The molecular weight excluding hydrogens is 244 g/mol. The Morgan fingerprint density at radius 2 is 2.22 bits per heavy atom. The number of aliphatic hydroxyl groups excluding tert-OH is 1. The number of aromatic nitrogens is 1. The van der Waals surface area contributed by atoms with Gasteiger partial charge in [0.15, 0.2) is 0 Å². The lowest BCUT2D eigenvalue weighted by Crippen LogP contribution is -2.37. The van der Waals surface area contributed by atoms with Crippen LogP contribution in [0.15, 0.2) is 6.20 Å². The number of nitrogens with one attached hydrogen (secondary N) is 1. The summed E-state index contributed by atoms with van der Waals surface area (Å²) < 4.78 is 0. The van der Waals surface area contributed by atoms with Crippen molar-refractivity contribution in [3.8, 4) is 0 Å². The van der Waals surface area contributed by atoms with Gasteiger partial charge in [0.2, 0.25) is 0 Å². The van der Waals surface area contributed by atoms with Crippen LogP contribution in [-0.4, -0.2) is 22.7 Å². The first-order valence-electron chi connectivity index (χ1n) is 7.05. The summed E-state index contributed by atoms with van der Waals surface area (Å²) in [6.07, 6.45) is 9.57. The molecule has 1 aliphatic carbocycles. The van der Waals surface area contributed by atoms with Crippen molar-refractivity contribution in [2.75, 3.05) is 6.61 Å². The second kappa shape index (κ2) is 7.22. The molecule has 18 heavy (non-hydrogen) atoms. The van der Waals surface area contributed by atoms with Crippen LogP contribution in [0.25, 0.3) is 0 Å². The number of aliphatic hydroxyl groups is 1. The van der Waals surface area contributed by atoms with E-state index >= 15 is 0 Å². The third-order valence-corrected chi connectivity index (χ3v) is 4.78. The average Bonchev–Trinajstić information content (AvgIpc) is 2.81. The molecule has 1 aromatic rings. The van der Waals surface area contributed by atoms with Crippen LogP contribution < -0.4 is 5.32 Å². The average molecular weight is 268 g/mol. The minimum atomic E-state index is 0.288. The van der Waals surface area contributed by atoms with Crippen molar-refractivity contribution in [2.45, 2.75) is 58.0 Å². The van der Waals surface area contributed by atoms with Gasteiger partial charge in [-0.15, -0.1) is 11.3 Å². The first kappa shape index (κ1) is 14.0. The van der Waals surface area contributed by atoms with E-state index in [9.17, 15) is 5.11 Å². The zero-order valence-electron chi connectivity index (χ0n) is 11.2. The molecule has 2 N–H and O–H groups in total. The molecule has 1 saturated carbocycles. The molecule has 1 heterocycles. The Balaban J connectivity index is 1.85. The quantitative estimate of drug-likeness (QED) is 0.834. The van der Waals surface area contributed by atoms with Gasteiger partial charge in [-0.05, 0) is 32.1 Å². The monoisotopic (exact) mass is 268 g/mol. The fourth-order valence-electron chi connectivity index (χ4n) is 2.90. The lowest BCUT2D eigenvalue weighted by Gasteiger charge is -2.30. The maximum atomic E-state index is 9.22. The van der Waals surface area contributed by atoms with Crippen LogP contribution in [0.5, 0.6) is 0 Å². The van der Waals surface area contributed by atoms with E-state index in [1.165, 1.54) is 37.0 Å². The molecule has 1 aromatic heterocycles. The van der Waals surface area contributed by atoms with Gasteiger partial charge in [0, 0.05) is 30.3 Å². The van der Waals surface area contributed by atoms with Gasteiger partial charge in [-0.2, -0.15) is 0 Å². The van der Waals surface area contributed by atoms with Gasteiger partial charge in [-0.3, -0.25) is 0 Å². The highest BCUT2D eigenvalue weighted by atomic mass is 32.1. The van der Waals surface area contributed by atoms with Crippen molar-refractivity contribution in [1.29, 1.82) is 0 Å². The molecule has 0 unspecified atom stereocenters. The normalized spacial score (nSPS) is 19.0. The summed E-state index contributed by atoms with van der Waals surface area (Å²) in [5.41, 5.74) is 0. The summed E-state index contributed by atoms with van der Waals surface area (Å²) in [6, 6.07) is 0.470. The highest BCUT2D eigenvalue weighted by Crippen LogP contribution is 2.28. The van der Waals surface area contributed by atoms with Crippen molar-refractivity contribution >= 4 is 11.3 Å². The largest absolute Gasteiger partial charge is 0.396 e. The first-order chi connectivity index (χ1) is 8.79. The molecule has 102 valence electrons. The highest BCUT2D eigenvalue weighted by molar-refractivity contribution is 7.11. The number of hydrogen-bond acceptors (Lipinski definition) is 4. The second-order valence-electron chi connectivity index (χ2n) is 5.24. The van der Waals surface area contributed by atoms with E-state index in [4.69, 9.17) is 0 Å². The Morgan fingerprint density at radius 1 is 1.44 bits per heavy atom. The molecule has 0 spiro atoms. The Morgan fingerprint density at radius 3 is 2.83 bits per heavy atom. The molecule has 0 bridgehead atoms. The number of hydrogen-bond donors (Lipinski definition) is 2. The molecule has 1 atom stereocenters. The van der Waals surface area contributed by atoms with Gasteiger partial charge in [0.25, 0.3) is 0 Å². The van der Waals surface area contributed by atoms with Gasteiger partial charge >= 0.3 is 0 Å². The first-order valence-corrected chi connectivity index (χ1v) is 7.87. The summed E-state index contributed by atoms with van der Waals surface area (Å²) in [7, 11) is 0. The summed E-state index contributed by atoms with van der Waals surface area (Å²) in [6.45, 7) is 3.23. The van der Waals surface area contributed by atoms with Gasteiger partial charge in [0.1, 0.15) is 0 Å². The molecule has 1 aliphatic rings. The molecule has 0 saturated heterocycles. The zero-order valence-corrected chi connectivity index (χ0v) is 12.0. The number of aryl methyl sites for hydroxylation is 1. The van der Waals surface area contributed by atoms with Crippen molar-refractivity contribution in [2.24, 2.45) is 5.92 Å². The van der Waals surface area contributed by atoms with Crippen molar-refractivity contribution in [3.63, 3.8) is 0 Å². The van der Waals surface area contributed by atoms with Crippen LogP contribution in [0.4, 0.5) is 0 Å². The minimum absolute atomic E-state index is 0.288. The van der Waals surface area contributed by atoms with Crippen molar-refractivity contribution in [3.05, 3.63) is 16.1 Å². The van der Waals surface area contributed by atoms with E-state index in [1.54, 1.807) is 11.3 Å². The van der Waals surface area contributed by atoms with Crippen molar-refractivity contribution < 1.29 is 5.11 Å². The van der Waals surface area contributed by atoms with E-state index in [1.807, 2.05) is 13.1 Å². The SMILES string of the molecule is Cc1ncc(CN[C@@H](CCO)C2CCCCC2)s1. The minimum Gasteiger partial charge on any atom is -0.396 e. The Kier molecular flexibility index (Phi) is 5.60. The van der Waals surface area contributed by atoms with Crippen LogP contribution in [0.2, 0.25) is 0 Å². The fraction of sp³-hybridized carbons (Fsp3) is 0.786. The molecule has 0 radical (unpaired) electrons. The van der Waals surface area contributed by atoms with Gasteiger partial charge in [-0.1, -0.05) is 19.3 Å². The lowest BCUT2D eigenvalue weighted by atomic mass is 9.83. The molecule has 0 aliphatic heterocycles. The molecule has 0 amide bonds. The van der Waals surface area contributed by atoms with E-state index in [0.717, 1.165) is 23.9 Å². The number of thiazole rings is 1. The predicted octanol–water partition coefficient (Wildman–Crippen LogP) is 2.87. The molecule has 3 nitrogen and oxygen atoms in total. The van der Waals surface area contributed by atoms with Gasteiger partial charge in [0.05, 0.1) is 5.01 Å². The molecule has 4 heteroatoms. The Bertz CT molecular complexity index is 347. The van der Waals surface area contributed by atoms with Gasteiger partial charge in [-0.25, -0.2) is 4.98 Å². The second-order valence-corrected chi connectivity index (χ2v) is 6.56. The summed E-state index contributed by atoms with van der Waals surface area (Å²) >= 11 is 1.76. The van der Waals surface area contributed by atoms with E-state index in [-0.39, 0.29) is 6.61 Å². The van der Waals surface area contributed by atoms with Crippen LogP contribution in [0.3, 0.4) is 0 Å². The van der Waals surface area contributed by atoms with Crippen LogP contribution in [0, 0.1) is 12.8 Å². The van der Waals surface area contributed by atoms with Crippen LogP contribution >= 0.6 is 11.3 Å². The Hall–Kier alpha value is -0.450. The van der Waals surface area contributed by atoms with Crippen molar-refractivity contribution in [1.82, 2.24) is 10.3 Å². The van der Waals surface area contributed by atoms with E-state index < -0.39 is 0 Å². The van der Waals surface area contributed by atoms with Gasteiger partial charge < -0.3 is 10.4 Å².